The molecular weight excluding hydrogens is 274 g/mol. The number of amides is 1. The Kier molecular flexibility index (Phi) is 3.34. The van der Waals surface area contributed by atoms with Crippen molar-refractivity contribution >= 4 is 16.8 Å². The number of benzene rings is 1. The number of carbonyl (C=O) groups excluding carboxylic acids is 1. The quantitative estimate of drug-likeness (QED) is 0.913. The van der Waals surface area contributed by atoms with Crippen molar-refractivity contribution in [3.05, 3.63) is 42.1 Å². The molecule has 22 heavy (non-hydrogen) atoms. The van der Waals surface area contributed by atoms with Crippen LogP contribution in [0.4, 0.5) is 0 Å². The largest absolute Gasteiger partial charge is 0.352 e. The number of aromatic nitrogens is 1. The number of carbonyl (C=O) groups is 1. The Balaban J connectivity index is 1.38. The van der Waals surface area contributed by atoms with Crippen LogP contribution in [-0.2, 0) is 11.3 Å². The summed E-state index contributed by atoms with van der Waals surface area (Å²) >= 11 is 0. The fraction of sp³-hybridized carbons (Fsp3) is 0.444. The molecule has 1 aliphatic heterocycles. The minimum Gasteiger partial charge on any atom is -0.352 e. The average molecular weight is 295 g/mol. The summed E-state index contributed by atoms with van der Waals surface area (Å²) < 4.78 is 0. The van der Waals surface area contributed by atoms with Crippen molar-refractivity contribution in [3.63, 3.8) is 0 Å². The first-order valence-electron chi connectivity index (χ1n) is 8.09. The van der Waals surface area contributed by atoms with Crippen molar-refractivity contribution in [1.82, 2.24) is 15.6 Å². The molecule has 2 heterocycles. The third-order valence-electron chi connectivity index (χ3n) is 5.22. The van der Waals surface area contributed by atoms with Gasteiger partial charge in [0.05, 0.1) is 5.52 Å². The molecule has 0 bridgehead atoms. The molecule has 1 amide bonds. The van der Waals surface area contributed by atoms with Crippen molar-refractivity contribution in [3.8, 4) is 0 Å². The second-order valence-corrected chi connectivity index (χ2v) is 6.62. The maximum absolute atomic E-state index is 12.4. The Hall–Kier alpha value is -1.94. The Morgan fingerprint density at radius 1 is 1.32 bits per heavy atom. The van der Waals surface area contributed by atoms with Gasteiger partial charge in [0.15, 0.2) is 0 Å². The normalized spacial score (nSPS) is 22.6. The maximum atomic E-state index is 12.4. The zero-order chi connectivity index (χ0) is 15.0. The molecular formula is C18H21N3O. The Morgan fingerprint density at radius 2 is 2.14 bits per heavy atom. The molecule has 4 rings (SSSR count). The number of nitrogens with zero attached hydrogens (tertiary/aromatic N) is 1. The topological polar surface area (TPSA) is 54.0 Å². The minimum absolute atomic E-state index is 0.218. The SMILES string of the molecule is O=C(NCc1cnc2ccccc2c1)C1CC12CCNCC2. The Morgan fingerprint density at radius 3 is 3.00 bits per heavy atom. The summed E-state index contributed by atoms with van der Waals surface area (Å²) in [7, 11) is 0. The number of nitrogens with one attached hydrogen (secondary N) is 2. The summed E-state index contributed by atoms with van der Waals surface area (Å²) in [6, 6.07) is 10.2. The molecule has 4 nitrogen and oxygen atoms in total. The molecule has 2 N–H and O–H groups in total. The molecule has 1 unspecified atom stereocenters. The van der Waals surface area contributed by atoms with E-state index in [-0.39, 0.29) is 11.8 Å². The minimum atomic E-state index is 0.218. The average Bonchev–Trinajstić information content (AvgIpc) is 3.26. The van der Waals surface area contributed by atoms with Crippen LogP contribution in [0, 0.1) is 11.3 Å². The van der Waals surface area contributed by atoms with Crippen molar-refractivity contribution < 1.29 is 4.79 Å². The number of fused-ring (bicyclic) bond motifs is 1. The summed E-state index contributed by atoms with van der Waals surface area (Å²) in [5.74, 6) is 0.443. The summed E-state index contributed by atoms with van der Waals surface area (Å²) in [6.45, 7) is 2.68. The van der Waals surface area contributed by atoms with Crippen molar-refractivity contribution in [2.45, 2.75) is 25.8 Å². The highest BCUT2D eigenvalue weighted by molar-refractivity contribution is 5.83. The zero-order valence-corrected chi connectivity index (χ0v) is 12.6. The number of pyridine rings is 1. The van der Waals surface area contributed by atoms with E-state index in [9.17, 15) is 4.79 Å². The van der Waals surface area contributed by atoms with Gasteiger partial charge in [-0.3, -0.25) is 9.78 Å². The van der Waals surface area contributed by atoms with E-state index < -0.39 is 0 Å². The third kappa shape index (κ3) is 2.48. The second-order valence-electron chi connectivity index (χ2n) is 6.62. The zero-order valence-electron chi connectivity index (χ0n) is 12.6. The molecule has 2 aromatic rings. The van der Waals surface area contributed by atoms with Gasteiger partial charge in [0, 0.05) is 24.0 Å². The lowest BCUT2D eigenvalue weighted by atomic mass is 9.92. The van der Waals surface area contributed by atoms with E-state index in [1.807, 2.05) is 24.4 Å². The second kappa shape index (κ2) is 5.36. The Bertz CT molecular complexity index is 706. The summed E-state index contributed by atoms with van der Waals surface area (Å²) in [5.41, 5.74) is 2.36. The highest BCUT2D eigenvalue weighted by atomic mass is 16.2. The lowest BCUT2D eigenvalue weighted by Crippen LogP contribution is -2.33. The van der Waals surface area contributed by atoms with Crippen LogP contribution in [0.15, 0.2) is 36.5 Å². The van der Waals surface area contributed by atoms with Gasteiger partial charge >= 0.3 is 0 Å². The lowest BCUT2D eigenvalue weighted by Gasteiger charge is -2.23. The molecule has 1 saturated carbocycles. The van der Waals surface area contributed by atoms with E-state index in [0.717, 1.165) is 48.8 Å². The predicted molar refractivity (Wildman–Crippen MR) is 86.2 cm³/mol. The van der Waals surface area contributed by atoms with Gasteiger partial charge in [-0.15, -0.1) is 0 Å². The van der Waals surface area contributed by atoms with Crippen LogP contribution in [0.3, 0.4) is 0 Å². The molecule has 1 spiro atoms. The fourth-order valence-electron chi connectivity index (χ4n) is 3.72. The van der Waals surface area contributed by atoms with Crippen molar-refractivity contribution in [2.75, 3.05) is 13.1 Å². The van der Waals surface area contributed by atoms with Crippen LogP contribution in [0.5, 0.6) is 0 Å². The van der Waals surface area contributed by atoms with Gasteiger partial charge in [-0.05, 0) is 55.5 Å². The van der Waals surface area contributed by atoms with Gasteiger partial charge in [0.2, 0.25) is 5.91 Å². The fourth-order valence-corrected chi connectivity index (χ4v) is 3.72. The number of hydrogen-bond donors (Lipinski definition) is 2. The molecule has 2 fully saturated rings. The monoisotopic (exact) mass is 295 g/mol. The number of para-hydroxylation sites is 1. The first kappa shape index (κ1) is 13.7. The van der Waals surface area contributed by atoms with E-state index in [1.54, 1.807) is 0 Å². The number of hydrogen-bond acceptors (Lipinski definition) is 3. The van der Waals surface area contributed by atoms with Crippen LogP contribution in [0.1, 0.15) is 24.8 Å². The van der Waals surface area contributed by atoms with Crippen molar-refractivity contribution in [2.24, 2.45) is 11.3 Å². The van der Waals surface area contributed by atoms with Crippen LogP contribution in [-0.4, -0.2) is 24.0 Å². The summed E-state index contributed by atoms with van der Waals surface area (Å²) in [6.07, 6.45) is 5.21. The molecule has 1 atom stereocenters. The number of rotatable bonds is 3. The van der Waals surface area contributed by atoms with Crippen LogP contribution >= 0.6 is 0 Å². The van der Waals surface area contributed by atoms with Gasteiger partial charge in [0.1, 0.15) is 0 Å². The molecule has 0 radical (unpaired) electrons. The summed E-state index contributed by atoms with van der Waals surface area (Å²) in [4.78, 5) is 16.8. The van der Waals surface area contributed by atoms with E-state index in [0.29, 0.717) is 12.0 Å². The first-order valence-corrected chi connectivity index (χ1v) is 8.09. The molecule has 4 heteroatoms. The first-order chi connectivity index (χ1) is 10.8. The van der Waals surface area contributed by atoms with E-state index in [2.05, 4.69) is 27.8 Å². The Labute approximate surface area is 130 Å². The van der Waals surface area contributed by atoms with Crippen LogP contribution < -0.4 is 10.6 Å². The van der Waals surface area contributed by atoms with E-state index in [4.69, 9.17) is 0 Å². The van der Waals surface area contributed by atoms with Gasteiger partial charge in [-0.1, -0.05) is 18.2 Å². The smallest absolute Gasteiger partial charge is 0.223 e. The van der Waals surface area contributed by atoms with E-state index >= 15 is 0 Å². The predicted octanol–water partition coefficient (Wildman–Crippen LogP) is 2.24. The maximum Gasteiger partial charge on any atom is 0.223 e. The van der Waals surface area contributed by atoms with Crippen LogP contribution in [0.2, 0.25) is 0 Å². The van der Waals surface area contributed by atoms with Gasteiger partial charge in [0.25, 0.3) is 0 Å². The highest BCUT2D eigenvalue weighted by Crippen LogP contribution is 2.58. The van der Waals surface area contributed by atoms with E-state index in [1.165, 1.54) is 0 Å². The lowest BCUT2D eigenvalue weighted by molar-refractivity contribution is -0.123. The van der Waals surface area contributed by atoms with Gasteiger partial charge < -0.3 is 10.6 Å². The standard InChI is InChI=1S/C18H21N3O/c22-17(15-10-18(15)5-7-19-8-6-18)21-12-13-9-14-3-1-2-4-16(14)20-11-13/h1-4,9,11,15,19H,5-8,10,12H2,(H,21,22). The molecule has 114 valence electrons. The number of piperidine rings is 1. The highest BCUT2D eigenvalue weighted by Gasteiger charge is 2.57. The summed E-state index contributed by atoms with van der Waals surface area (Å²) in [5, 5.41) is 7.59. The van der Waals surface area contributed by atoms with Gasteiger partial charge in [-0.2, -0.15) is 0 Å². The van der Waals surface area contributed by atoms with Crippen LogP contribution in [0.25, 0.3) is 10.9 Å². The third-order valence-corrected chi connectivity index (χ3v) is 5.22. The molecule has 1 aliphatic carbocycles. The molecule has 1 aromatic heterocycles. The molecule has 1 saturated heterocycles. The molecule has 1 aromatic carbocycles. The van der Waals surface area contributed by atoms with Gasteiger partial charge in [-0.25, -0.2) is 0 Å². The molecule has 2 aliphatic rings. The van der Waals surface area contributed by atoms with Crippen molar-refractivity contribution in [1.29, 1.82) is 0 Å².